The number of rotatable bonds is 2. The summed E-state index contributed by atoms with van der Waals surface area (Å²) in [6, 6.07) is 26.0. The quantitative estimate of drug-likeness (QED) is 0.585. The fraction of sp³-hybridized carbons (Fsp3) is 0.0952. The standard InChI is InChI=1S/C21H16BrNO/c22-18-12-10-16(11-13-18)21(24)23-19-9-5-4-8-17(19)14-20(23)15-6-2-1-3-7-15/h1-13,20H,14H2/t20-/m0/s1. The highest BCUT2D eigenvalue weighted by molar-refractivity contribution is 9.10. The zero-order valence-corrected chi connectivity index (χ0v) is 14.6. The number of carbonyl (C=O) groups is 1. The molecule has 3 heteroatoms. The molecule has 0 N–H and O–H groups in total. The van der Waals surface area contributed by atoms with Gasteiger partial charge in [0.2, 0.25) is 0 Å². The average molecular weight is 378 g/mol. The van der Waals surface area contributed by atoms with Gasteiger partial charge in [-0.3, -0.25) is 4.79 Å². The van der Waals surface area contributed by atoms with Gasteiger partial charge in [0.1, 0.15) is 0 Å². The Morgan fingerprint density at radius 2 is 1.54 bits per heavy atom. The SMILES string of the molecule is O=C(c1ccc(Br)cc1)N1c2ccccc2C[C@H]1c1ccccc1. The van der Waals surface area contributed by atoms with Gasteiger partial charge in [0.25, 0.3) is 5.91 Å². The molecule has 4 rings (SSSR count). The van der Waals surface area contributed by atoms with Crippen molar-refractivity contribution in [1.29, 1.82) is 0 Å². The van der Waals surface area contributed by atoms with Crippen molar-refractivity contribution in [2.24, 2.45) is 0 Å². The van der Waals surface area contributed by atoms with Crippen LogP contribution in [0.2, 0.25) is 0 Å². The number of anilines is 1. The number of para-hydroxylation sites is 1. The van der Waals surface area contributed by atoms with E-state index in [-0.39, 0.29) is 11.9 Å². The van der Waals surface area contributed by atoms with Gasteiger partial charge in [-0.1, -0.05) is 64.5 Å². The average Bonchev–Trinajstić information content (AvgIpc) is 3.02. The van der Waals surface area contributed by atoms with Crippen molar-refractivity contribution in [3.05, 3.63) is 100 Å². The molecule has 118 valence electrons. The van der Waals surface area contributed by atoms with Gasteiger partial charge in [-0.2, -0.15) is 0 Å². The summed E-state index contributed by atoms with van der Waals surface area (Å²) in [4.78, 5) is 15.2. The zero-order chi connectivity index (χ0) is 16.5. The van der Waals surface area contributed by atoms with E-state index in [1.807, 2.05) is 65.6 Å². The van der Waals surface area contributed by atoms with E-state index in [1.165, 1.54) is 11.1 Å². The van der Waals surface area contributed by atoms with Crippen molar-refractivity contribution >= 4 is 27.5 Å². The number of hydrogen-bond donors (Lipinski definition) is 0. The second-order valence-electron chi connectivity index (χ2n) is 5.94. The van der Waals surface area contributed by atoms with Crippen molar-refractivity contribution in [3.63, 3.8) is 0 Å². The van der Waals surface area contributed by atoms with Crippen LogP contribution >= 0.6 is 15.9 Å². The van der Waals surface area contributed by atoms with Crippen LogP contribution in [0.5, 0.6) is 0 Å². The maximum atomic E-state index is 13.2. The van der Waals surface area contributed by atoms with Crippen molar-refractivity contribution in [1.82, 2.24) is 0 Å². The van der Waals surface area contributed by atoms with Crippen LogP contribution in [-0.2, 0) is 6.42 Å². The Hall–Kier alpha value is -2.39. The molecule has 3 aromatic carbocycles. The summed E-state index contributed by atoms with van der Waals surface area (Å²) in [5.41, 5.74) is 4.10. The van der Waals surface area contributed by atoms with Crippen LogP contribution in [-0.4, -0.2) is 5.91 Å². The summed E-state index contributed by atoms with van der Waals surface area (Å²) in [6.45, 7) is 0. The second-order valence-corrected chi connectivity index (χ2v) is 6.86. The molecule has 0 fully saturated rings. The van der Waals surface area contributed by atoms with Gasteiger partial charge in [-0.05, 0) is 47.9 Å². The molecular weight excluding hydrogens is 362 g/mol. The van der Waals surface area contributed by atoms with E-state index in [4.69, 9.17) is 0 Å². The maximum absolute atomic E-state index is 13.2. The van der Waals surface area contributed by atoms with E-state index < -0.39 is 0 Å². The van der Waals surface area contributed by atoms with Gasteiger partial charge in [0.15, 0.2) is 0 Å². The van der Waals surface area contributed by atoms with Crippen molar-refractivity contribution < 1.29 is 4.79 Å². The maximum Gasteiger partial charge on any atom is 0.258 e. The van der Waals surface area contributed by atoms with Gasteiger partial charge >= 0.3 is 0 Å². The first-order valence-electron chi connectivity index (χ1n) is 7.96. The number of benzene rings is 3. The summed E-state index contributed by atoms with van der Waals surface area (Å²) in [6.07, 6.45) is 0.850. The topological polar surface area (TPSA) is 20.3 Å². The highest BCUT2D eigenvalue weighted by atomic mass is 79.9. The summed E-state index contributed by atoms with van der Waals surface area (Å²) in [7, 11) is 0. The van der Waals surface area contributed by atoms with Crippen LogP contribution in [0.15, 0.2) is 83.3 Å². The number of halogens is 1. The lowest BCUT2D eigenvalue weighted by atomic mass is 10.0. The summed E-state index contributed by atoms with van der Waals surface area (Å²) < 4.78 is 0.973. The van der Waals surface area contributed by atoms with Gasteiger partial charge in [-0.25, -0.2) is 0 Å². The predicted molar refractivity (Wildman–Crippen MR) is 100 cm³/mol. The molecule has 1 aliphatic heterocycles. The van der Waals surface area contributed by atoms with Crippen molar-refractivity contribution in [2.45, 2.75) is 12.5 Å². The molecule has 1 amide bonds. The summed E-state index contributed by atoms with van der Waals surface area (Å²) in [5, 5.41) is 0. The molecule has 0 radical (unpaired) electrons. The van der Waals surface area contributed by atoms with Crippen LogP contribution in [0.3, 0.4) is 0 Å². The third-order valence-corrected chi connectivity index (χ3v) is 5.00. The Labute approximate surface area is 149 Å². The Balaban J connectivity index is 1.79. The van der Waals surface area contributed by atoms with Crippen molar-refractivity contribution in [3.8, 4) is 0 Å². The molecule has 2 nitrogen and oxygen atoms in total. The minimum absolute atomic E-state index is 0.0414. The lowest BCUT2D eigenvalue weighted by molar-refractivity contribution is 0.0979. The largest absolute Gasteiger partial charge is 0.300 e. The first-order valence-corrected chi connectivity index (χ1v) is 8.75. The lowest BCUT2D eigenvalue weighted by Gasteiger charge is -2.26. The van der Waals surface area contributed by atoms with Crippen LogP contribution < -0.4 is 4.90 Å². The first kappa shape index (κ1) is 15.2. The number of fused-ring (bicyclic) bond motifs is 1. The molecule has 0 unspecified atom stereocenters. The molecule has 24 heavy (non-hydrogen) atoms. The smallest absolute Gasteiger partial charge is 0.258 e. The Kier molecular flexibility index (Phi) is 3.95. The van der Waals surface area contributed by atoms with Gasteiger partial charge in [0, 0.05) is 15.7 Å². The third kappa shape index (κ3) is 2.65. The van der Waals surface area contributed by atoms with Gasteiger partial charge in [0.05, 0.1) is 6.04 Å². The fourth-order valence-electron chi connectivity index (χ4n) is 3.31. The van der Waals surface area contributed by atoms with Gasteiger partial charge in [-0.15, -0.1) is 0 Å². The molecule has 1 aliphatic rings. The highest BCUT2D eigenvalue weighted by Crippen LogP contribution is 2.41. The number of carbonyl (C=O) groups excluding carboxylic acids is 1. The minimum atomic E-state index is 0.0414. The lowest BCUT2D eigenvalue weighted by Crippen LogP contribution is -2.32. The molecule has 0 spiro atoms. The molecular formula is C21H16BrNO. The van der Waals surface area contributed by atoms with Crippen LogP contribution in [0.25, 0.3) is 0 Å². The van der Waals surface area contributed by atoms with E-state index in [2.05, 4.69) is 34.1 Å². The third-order valence-electron chi connectivity index (χ3n) is 4.47. The Morgan fingerprint density at radius 3 is 2.29 bits per heavy atom. The Morgan fingerprint density at radius 1 is 0.875 bits per heavy atom. The van der Waals surface area contributed by atoms with Crippen LogP contribution in [0.4, 0.5) is 5.69 Å². The van der Waals surface area contributed by atoms with E-state index in [0.29, 0.717) is 5.56 Å². The molecule has 0 saturated carbocycles. The van der Waals surface area contributed by atoms with Crippen LogP contribution in [0.1, 0.15) is 27.5 Å². The van der Waals surface area contributed by atoms with E-state index in [9.17, 15) is 4.79 Å². The summed E-state index contributed by atoms with van der Waals surface area (Å²) >= 11 is 3.43. The van der Waals surface area contributed by atoms with Gasteiger partial charge < -0.3 is 4.90 Å². The number of amides is 1. The zero-order valence-electron chi connectivity index (χ0n) is 13.0. The highest BCUT2D eigenvalue weighted by Gasteiger charge is 2.34. The number of nitrogens with zero attached hydrogens (tertiary/aromatic N) is 1. The van der Waals surface area contributed by atoms with E-state index in [1.54, 1.807) is 0 Å². The molecule has 3 aromatic rings. The fourth-order valence-corrected chi connectivity index (χ4v) is 3.57. The molecule has 0 aromatic heterocycles. The Bertz CT molecular complexity index is 874. The predicted octanol–water partition coefficient (Wildman–Crippen LogP) is 5.39. The van der Waals surface area contributed by atoms with Crippen LogP contribution in [0, 0.1) is 0 Å². The number of hydrogen-bond acceptors (Lipinski definition) is 1. The monoisotopic (exact) mass is 377 g/mol. The molecule has 0 bridgehead atoms. The summed E-state index contributed by atoms with van der Waals surface area (Å²) in [5.74, 6) is 0.0429. The molecule has 1 heterocycles. The first-order chi connectivity index (χ1) is 11.7. The molecule has 0 saturated heterocycles. The van der Waals surface area contributed by atoms with E-state index >= 15 is 0 Å². The second kappa shape index (κ2) is 6.25. The van der Waals surface area contributed by atoms with E-state index in [0.717, 1.165) is 16.6 Å². The molecule has 1 atom stereocenters. The van der Waals surface area contributed by atoms with Crippen molar-refractivity contribution in [2.75, 3.05) is 4.90 Å². The molecule has 0 aliphatic carbocycles. The minimum Gasteiger partial charge on any atom is -0.300 e. The normalized spacial score (nSPS) is 16.0.